The normalized spacial score (nSPS) is 17.2. The zero-order chi connectivity index (χ0) is 25.4. The quantitative estimate of drug-likeness (QED) is 0.336. The highest BCUT2D eigenvalue weighted by Gasteiger charge is 2.42. The largest absolute Gasteiger partial charge is 0.351 e. The highest BCUT2D eigenvalue weighted by Crippen LogP contribution is 2.43. The zero-order valence-electron chi connectivity index (χ0n) is 20.8. The summed E-state index contributed by atoms with van der Waals surface area (Å²) in [4.78, 5) is 18.3. The molecule has 7 heteroatoms. The number of nitrogens with zero attached hydrogens (tertiary/aromatic N) is 3. The number of benzene rings is 2. The fourth-order valence-corrected chi connectivity index (χ4v) is 5.38. The van der Waals surface area contributed by atoms with Gasteiger partial charge in [-0.2, -0.15) is 0 Å². The second kappa shape index (κ2) is 9.59. The molecule has 0 bridgehead atoms. The minimum Gasteiger partial charge on any atom is -0.351 e. The van der Waals surface area contributed by atoms with Crippen molar-refractivity contribution in [3.05, 3.63) is 107 Å². The molecule has 4 aromatic rings. The van der Waals surface area contributed by atoms with E-state index < -0.39 is 0 Å². The van der Waals surface area contributed by atoms with Crippen molar-refractivity contribution in [1.29, 1.82) is 0 Å². The Morgan fingerprint density at radius 3 is 2.31 bits per heavy atom. The van der Waals surface area contributed by atoms with Crippen LogP contribution in [0.4, 0.5) is 11.4 Å². The van der Waals surface area contributed by atoms with Gasteiger partial charge in [-0.05, 0) is 93.1 Å². The summed E-state index contributed by atoms with van der Waals surface area (Å²) in [7, 11) is 0. The number of anilines is 2. The molecular weight excluding hydrogens is 466 g/mol. The minimum absolute atomic E-state index is 0.0993. The van der Waals surface area contributed by atoms with Gasteiger partial charge >= 0.3 is 0 Å². The maximum atomic E-state index is 11.5. The summed E-state index contributed by atoms with van der Waals surface area (Å²) in [6.45, 7) is 7.91. The van der Waals surface area contributed by atoms with Crippen LogP contribution in [0.5, 0.6) is 0 Å². The molecule has 0 radical (unpaired) electrons. The Balaban J connectivity index is 1.62. The third-order valence-electron chi connectivity index (χ3n) is 6.65. The summed E-state index contributed by atoms with van der Waals surface area (Å²) in [5, 5.41) is 7.01. The van der Waals surface area contributed by atoms with Crippen molar-refractivity contribution in [2.24, 2.45) is 0 Å². The third-order valence-corrected chi connectivity index (χ3v) is 6.96. The highest BCUT2D eigenvalue weighted by molar-refractivity contribution is 7.80. The van der Waals surface area contributed by atoms with Gasteiger partial charge in [0.15, 0.2) is 5.11 Å². The van der Waals surface area contributed by atoms with Crippen LogP contribution in [0, 0.1) is 20.8 Å². The van der Waals surface area contributed by atoms with E-state index in [-0.39, 0.29) is 18.0 Å². The molecule has 1 aliphatic heterocycles. The predicted molar refractivity (Wildman–Crippen MR) is 149 cm³/mol. The average Bonchev–Trinajstić information content (AvgIpc) is 3.35. The molecule has 0 unspecified atom stereocenters. The first-order valence-electron chi connectivity index (χ1n) is 12.0. The fourth-order valence-electron chi connectivity index (χ4n) is 5.04. The van der Waals surface area contributed by atoms with E-state index in [2.05, 4.69) is 76.2 Å². The molecule has 2 aromatic heterocycles. The monoisotopic (exact) mass is 495 g/mol. The van der Waals surface area contributed by atoms with Crippen LogP contribution in [-0.4, -0.2) is 20.6 Å². The number of nitrogens with one attached hydrogen (secondary N) is 2. The lowest BCUT2D eigenvalue weighted by molar-refractivity contribution is -0.114. The molecule has 2 N–H and O–H groups in total. The number of aromatic nitrogens is 2. The van der Waals surface area contributed by atoms with Gasteiger partial charge in [0.2, 0.25) is 5.91 Å². The van der Waals surface area contributed by atoms with Gasteiger partial charge in [-0.3, -0.25) is 9.78 Å². The van der Waals surface area contributed by atoms with Gasteiger partial charge in [0.25, 0.3) is 0 Å². The molecule has 1 fully saturated rings. The molecule has 3 heterocycles. The van der Waals surface area contributed by atoms with Crippen molar-refractivity contribution in [2.45, 2.75) is 39.8 Å². The van der Waals surface area contributed by atoms with E-state index in [1.165, 1.54) is 18.1 Å². The van der Waals surface area contributed by atoms with Gasteiger partial charge in [-0.15, -0.1) is 0 Å². The number of amides is 1. The number of thiocarbonyl (C=S) groups is 1. The Morgan fingerprint density at radius 2 is 1.67 bits per heavy atom. The van der Waals surface area contributed by atoms with E-state index >= 15 is 0 Å². The van der Waals surface area contributed by atoms with Gasteiger partial charge in [-0.25, -0.2) is 0 Å². The minimum atomic E-state index is -0.124. The molecule has 6 nitrogen and oxygen atoms in total. The number of rotatable bonds is 5. The predicted octanol–water partition coefficient (Wildman–Crippen LogP) is 5.93. The molecule has 1 saturated heterocycles. The number of carbonyl (C=O) groups is 1. The molecule has 36 heavy (non-hydrogen) atoms. The van der Waals surface area contributed by atoms with Gasteiger partial charge in [0, 0.05) is 41.6 Å². The van der Waals surface area contributed by atoms with Crippen LogP contribution in [0.1, 0.15) is 47.2 Å². The van der Waals surface area contributed by atoms with Crippen molar-refractivity contribution in [3.63, 3.8) is 0 Å². The Bertz CT molecular complexity index is 1410. The van der Waals surface area contributed by atoms with Gasteiger partial charge < -0.3 is 20.1 Å². The maximum Gasteiger partial charge on any atom is 0.221 e. The molecular formula is C29H29N5OS. The van der Waals surface area contributed by atoms with E-state index in [1.54, 1.807) is 0 Å². The van der Waals surface area contributed by atoms with E-state index in [0.717, 1.165) is 34.1 Å². The van der Waals surface area contributed by atoms with Gasteiger partial charge in [-0.1, -0.05) is 23.8 Å². The molecule has 1 amide bonds. The van der Waals surface area contributed by atoms with Crippen molar-refractivity contribution < 1.29 is 4.79 Å². The number of aryl methyl sites for hydroxylation is 2. The summed E-state index contributed by atoms with van der Waals surface area (Å²) in [5.74, 6) is -0.0993. The lowest BCUT2D eigenvalue weighted by atomic mass is 9.96. The van der Waals surface area contributed by atoms with Crippen LogP contribution >= 0.6 is 12.2 Å². The van der Waals surface area contributed by atoms with Crippen LogP contribution in [0.25, 0.3) is 5.69 Å². The lowest BCUT2D eigenvalue weighted by Gasteiger charge is -2.28. The standard InChI is InChI=1S/C29H29N5OS/c1-18-8-12-23(13-9-18)33-19(2)17-25(20(33)3)28-27(26-7-5-6-16-30-26)32-29(36)34(28)24-14-10-22(11-15-24)31-21(4)35/h5-17,27-28H,1-4H3,(H,31,35)(H,32,36)/t27-,28+/m0/s1. The molecule has 182 valence electrons. The third kappa shape index (κ3) is 4.38. The Morgan fingerprint density at radius 1 is 0.972 bits per heavy atom. The summed E-state index contributed by atoms with van der Waals surface area (Å²) < 4.78 is 2.30. The number of hydrogen-bond acceptors (Lipinski definition) is 3. The number of carbonyl (C=O) groups excluding carboxylic acids is 1. The molecule has 2 aromatic carbocycles. The lowest BCUT2D eigenvalue weighted by Crippen LogP contribution is -2.29. The fraction of sp³-hybridized carbons (Fsp3) is 0.207. The Hall–Kier alpha value is -3.97. The van der Waals surface area contributed by atoms with Crippen LogP contribution in [0.15, 0.2) is 79.0 Å². The molecule has 0 saturated carbocycles. The zero-order valence-corrected chi connectivity index (χ0v) is 21.6. The first-order valence-corrected chi connectivity index (χ1v) is 12.4. The summed E-state index contributed by atoms with van der Waals surface area (Å²) in [6.07, 6.45) is 1.82. The van der Waals surface area contributed by atoms with Crippen LogP contribution < -0.4 is 15.5 Å². The first-order chi connectivity index (χ1) is 17.3. The summed E-state index contributed by atoms with van der Waals surface area (Å²) in [6, 6.07) is 24.4. The van der Waals surface area contributed by atoms with Crippen molar-refractivity contribution >= 4 is 34.6 Å². The molecule has 0 aliphatic carbocycles. The number of hydrogen-bond donors (Lipinski definition) is 2. The average molecular weight is 496 g/mol. The first kappa shape index (κ1) is 23.8. The maximum absolute atomic E-state index is 11.5. The van der Waals surface area contributed by atoms with Crippen LogP contribution in [-0.2, 0) is 4.79 Å². The SMILES string of the molecule is CC(=O)Nc1ccc(N2C(=S)N[C@@H](c3ccccn3)[C@H]2c2cc(C)n(-c3ccc(C)cc3)c2C)cc1. The molecule has 2 atom stereocenters. The van der Waals surface area contributed by atoms with Gasteiger partial charge in [0.1, 0.15) is 0 Å². The van der Waals surface area contributed by atoms with Crippen molar-refractivity contribution in [2.75, 3.05) is 10.2 Å². The van der Waals surface area contributed by atoms with Gasteiger partial charge in [0.05, 0.1) is 17.8 Å². The Kier molecular flexibility index (Phi) is 6.33. The summed E-state index contributed by atoms with van der Waals surface area (Å²) in [5.41, 5.74) is 8.50. The topological polar surface area (TPSA) is 62.2 Å². The van der Waals surface area contributed by atoms with Crippen LogP contribution in [0.3, 0.4) is 0 Å². The van der Waals surface area contributed by atoms with E-state index in [4.69, 9.17) is 12.2 Å². The Labute approximate surface area is 217 Å². The van der Waals surface area contributed by atoms with E-state index in [9.17, 15) is 4.79 Å². The van der Waals surface area contributed by atoms with E-state index in [1.807, 2.05) is 48.7 Å². The second-order valence-electron chi connectivity index (χ2n) is 9.22. The van der Waals surface area contributed by atoms with Crippen molar-refractivity contribution in [1.82, 2.24) is 14.9 Å². The smallest absolute Gasteiger partial charge is 0.221 e. The van der Waals surface area contributed by atoms with E-state index in [0.29, 0.717) is 5.11 Å². The highest BCUT2D eigenvalue weighted by atomic mass is 32.1. The van der Waals surface area contributed by atoms with Crippen LogP contribution in [0.2, 0.25) is 0 Å². The molecule has 1 aliphatic rings. The number of pyridine rings is 1. The summed E-state index contributed by atoms with van der Waals surface area (Å²) >= 11 is 5.88. The molecule has 5 rings (SSSR count). The second-order valence-corrected chi connectivity index (χ2v) is 9.61. The molecule has 0 spiro atoms. The van der Waals surface area contributed by atoms with Crippen molar-refractivity contribution in [3.8, 4) is 5.69 Å².